The zero-order valence-electron chi connectivity index (χ0n) is 4.65. The summed E-state index contributed by atoms with van der Waals surface area (Å²) in [6.45, 7) is 6.53. The van der Waals surface area contributed by atoms with Crippen LogP contribution >= 0.6 is 0 Å². The summed E-state index contributed by atoms with van der Waals surface area (Å²) < 4.78 is 0. The highest BCUT2D eigenvalue weighted by Gasteiger charge is 1.60. The SMILES string of the molecule is C=C/C=C\NCC. The molecule has 40 valence electrons. The van der Waals surface area contributed by atoms with Crippen LogP contribution in [0.1, 0.15) is 6.92 Å². The van der Waals surface area contributed by atoms with Crippen molar-refractivity contribution in [3.05, 3.63) is 24.9 Å². The molecular formula is C6H11N. The number of rotatable bonds is 3. The summed E-state index contributed by atoms with van der Waals surface area (Å²) >= 11 is 0. The fraction of sp³-hybridized carbons (Fsp3) is 0.333. The lowest BCUT2D eigenvalue weighted by Gasteiger charge is -1.86. The second kappa shape index (κ2) is 5.28. The van der Waals surface area contributed by atoms with E-state index in [1.807, 2.05) is 19.2 Å². The van der Waals surface area contributed by atoms with Gasteiger partial charge in [0, 0.05) is 6.54 Å². The summed E-state index contributed by atoms with van der Waals surface area (Å²) in [6, 6.07) is 0. The molecule has 0 aliphatic rings. The monoisotopic (exact) mass is 97.1 g/mol. The van der Waals surface area contributed by atoms with E-state index >= 15 is 0 Å². The van der Waals surface area contributed by atoms with Crippen molar-refractivity contribution in [2.24, 2.45) is 0 Å². The molecule has 0 atom stereocenters. The number of hydrogen-bond donors (Lipinski definition) is 1. The fourth-order valence-corrected chi connectivity index (χ4v) is 0.254. The molecule has 0 aliphatic heterocycles. The summed E-state index contributed by atoms with van der Waals surface area (Å²) in [5.41, 5.74) is 0. The third kappa shape index (κ3) is 5.28. The lowest BCUT2D eigenvalue weighted by Crippen LogP contribution is -2.00. The van der Waals surface area contributed by atoms with E-state index in [0.717, 1.165) is 6.54 Å². The molecule has 0 spiro atoms. The topological polar surface area (TPSA) is 12.0 Å². The van der Waals surface area contributed by atoms with Crippen LogP contribution in [0.5, 0.6) is 0 Å². The van der Waals surface area contributed by atoms with E-state index < -0.39 is 0 Å². The van der Waals surface area contributed by atoms with Gasteiger partial charge in [-0.25, -0.2) is 0 Å². The van der Waals surface area contributed by atoms with E-state index in [4.69, 9.17) is 0 Å². The van der Waals surface area contributed by atoms with Crippen molar-refractivity contribution in [2.45, 2.75) is 6.92 Å². The molecular weight excluding hydrogens is 86.1 g/mol. The zero-order valence-corrected chi connectivity index (χ0v) is 4.65. The van der Waals surface area contributed by atoms with Crippen LogP contribution in [-0.4, -0.2) is 6.54 Å². The Bertz CT molecular complexity index is 64.6. The zero-order chi connectivity index (χ0) is 5.54. The lowest BCUT2D eigenvalue weighted by atomic mass is 10.6. The standard InChI is InChI=1S/C6H11N/c1-3-5-6-7-4-2/h3,5-7H,1,4H2,2H3/b6-5-. The molecule has 0 aromatic rings. The Balaban J connectivity index is 2.92. The first-order valence-electron chi connectivity index (χ1n) is 2.42. The van der Waals surface area contributed by atoms with Crippen LogP contribution in [0.4, 0.5) is 0 Å². The van der Waals surface area contributed by atoms with Crippen LogP contribution in [0.3, 0.4) is 0 Å². The minimum absolute atomic E-state index is 0.977. The Labute approximate surface area is 44.7 Å². The molecule has 1 N–H and O–H groups in total. The van der Waals surface area contributed by atoms with Crippen molar-refractivity contribution in [1.29, 1.82) is 0 Å². The average molecular weight is 97.2 g/mol. The Hall–Kier alpha value is -0.720. The average Bonchev–Trinajstić information content (AvgIpc) is 1.69. The van der Waals surface area contributed by atoms with Crippen LogP contribution in [0.25, 0.3) is 0 Å². The van der Waals surface area contributed by atoms with Gasteiger partial charge in [0.05, 0.1) is 0 Å². The molecule has 0 aromatic carbocycles. The highest BCUT2D eigenvalue weighted by Crippen LogP contribution is 1.64. The Morgan fingerprint density at radius 1 is 1.71 bits per heavy atom. The van der Waals surface area contributed by atoms with Crippen LogP contribution < -0.4 is 5.32 Å². The largest absolute Gasteiger partial charge is 0.391 e. The van der Waals surface area contributed by atoms with Crippen LogP contribution in [0, 0.1) is 0 Å². The molecule has 0 aromatic heterocycles. The summed E-state index contributed by atoms with van der Waals surface area (Å²) in [7, 11) is 0. The molecule has 0 saturated carbocycles. The van der Waals surface area contributed by atoms with E-state index in [0.29, 0.717) is 0 Å². The number of hydrogen-bond acceptors (Lipinski definition) is 1. The van der Waals surface area contributed by atoms with Crippen LogP contribution in [-0.2, 0) is 0 Å². The van der Waals surface area contributed by atoms with E-state index in [1.54, 1.807) is 6.08 Å². The van der Waals surface area contributed by atoms with Crippen molar-refractivity contribution < 1.29 is 0 Å². The molecule has 0 fully saturated rings. The van der Waals surface area contributed by atoms with Gasteiger partial charge in [0.15, 0.2) is 0 Å². The molecule has 0 rings (SSSR count). The quantitative estimate of drug-likeness (QED) is 0.523. The van der Waals surface area contributed by atoms with Crippen molar-refractivity contribution in [2.75, 3.05) is 6.54 Å². The van der Waals surface area contributed by atoms with Gasteiger partial charge in [-0.1, -0.05) is 12.7 Å². The van der Waals surface area contributed by atoms with Gasteiger partial charge in [0.1, 0.15) is 0 Å². The van der Waals surface area contributed by atoms with Gasteiger partial charge in [-0.2, -0.15) is 0 Å². The molecule has 1 heteroatoms. The van der Waals surface area contributed by atoms with Crippen molar-refractivity contribution in [3.8, 4) is 0 Å². The van der Waals surface area contributed by atoms with Gasteiger partial charge in [0.2, 0.25) is 0 Å². The van der Waals surface area contributed by atoms with Gasteiger partial charge >= 0.3 is 0 Å². The molecule has 0 unspecified atom stereocenters. The third-order valence-electron chi connectivity index (χ3n) is 0.554. The molecule has 0 radical (unpaired) electrons. The summed E-state index contributed by atoms with van der Waals surface area (Å²) in [5.74, 6) is 0. The highest BCUT2D eigenvalue weighted by molar-refractivity contribution is 4.95. The van der Waals surface area contributed by atoms with Crippen molar-refractivity contribution in [3.63, 3.8) is 0 Å². The van der Waals surface area contributed by atoms with E-state index in [9.17, 15) is 0 Å². The maximum atomic E-state index is 3.51. The molecule has 0 heterocycles. The predicted octanol–water partition coefficient (Wildman–Crippen LogP) is 1.30. The Morgan fingerprint density at radius 3 is 2.86 bits per heavy atom. The minimum atomic E-state index is 0.977. The Kier molecular flexibility index (Phi) is 4.74. The summed E-state index contributed by atoms with van der Waals surface area (Å²) in [4.78, 5) is 0. The summed E-state index contributed by atoms with van der Waals surface area (Å²) in [6.07, 6.45) is 5.47. The van der Waals surface area contributed by atoms with Crippen molar-refractivity contribution >= 4 is 0 Å². The summed E-state index contributed by atoms with van der Waals surface area (Å²) in [5, 5.41) is 3.00. The molecule has 7 heavy (non-hydrogen) atoms. The second-order valence-electron chi connectivity index (χ2n) is 1.15. The van der Waals surface area contributed by atoms with Crippen LogP contribution in [0.15, 0.2) is 24.9 Å². The Morgan fingerprint density at radius 2 is 2.43 bits per heavy atom. The maximum absolute atomic E-state index is 3.51. The first kappa shape index (κ1) is 6.28. The number of allylic oxidation sites excluding steroid dienone is 2. The van der Waals surface area contributed by atoms with Gasteiger partial charge in [0.25, 0.3) is 0 Å². The molecule has 1 nitrogen and oxygen atoms in total. The highest BCUT2D eigenvalue weighted by atomic mass is 14.8. The normalized spacial score (nSPS) is 9.29. The molecule has 0 bridgehead atoms. The third-order valence-corrected chi connectivity index (χ3v) is 0.554. The van der Waals surface area contributed by atoms with Crippen molar-refractivity contribution in [1.82, 2.24) is 5.32 Å². The van der Waals surface area contributed by atoms with E-state index in [1.165, 1.54) is 0 Å². The first-order valence-corrected chi connectivity index (χ1v) is 2.42. The maximum Gasteiger partial charge on any atom is 0.0113 e. The van der Waals surface area contributed by atoms with E-state index in [-0.39, 0.29) is 0 Å². The fourth-order valence-electron chi connectivity index (χ4n) is 0.254. The molecule has 0 aliphatic carbocycles. The minimum Gasteiger partial charge on any atom is -0.391 e. The van der Waals surface area contributed by atoms with Gasteiger partial charge in [-0.3, -0.25) is 0 Å². The molecule has 0 saturated heterocycles. The second-order valence-corrected chi connectivity index (χ2v) is 1.15. The molecule has 0 amide bonds. The van der Waals surface area contributed by atoms with E-state index in [2.05, 4.69) is 11.9 Å². The smallest absolute Gasteiger partial charge is 0.0113 e. The van der Waals surface area contributed by atoms with Crippen LogP contribution in [0.2, 0.25) is 0 Å². The lowest BCUT2D eigenvalue weighted by molar-refractivity contribution is 0.919. The van der Waals surface area contributed by atoms with Gasteiger partial charge in [-0.05, 0) is 19.2 Å². The predicted molar refractivity (Wildman–Crippen MR) is 33.0 cm³/mol. The number of nitrogens with one attached hydrogen (secondary N) is 1. The van der Waals surface area contributed by atoms with Gasteiger partial charge < -0.3 is 5.32 Å². The first-order chi connectivity index (χ1) is 3.41. The van der Waals surface area contributed by atoms with Gasteiger partial charge in [-0.15, -0.1) is 0 Å².